The van der Waals surface area contributed by atoms with Gasteiger partial charge in [-0.25, -0.2) is 8.42 Å². The van der Waals surface area contributed by atoms with Gasteiger partial charge in [0.25, 0.3) is 0 Å². The van der Waals surface area contributed by atoms with Crippen LogP contribution in [0.5, 0.6) is 0 Å². The number of fused-ring (bicyclic) bond motifs is 1. The van der Waals surface area contributed by atoms with E-state index in [9.17, 15) is 13.2 Å². The van der Waals surface area contributed by atoms with Gasteiger partial charge in [0.2, 0.25) is 5.91 Å². The molecule has 3 N–H and O–H groups in total. The highest BCUT2D eigenvalue weighted by Crippen LogP contribution is 2.36. The van der Waals surface area contributed by atoms with Crippen molar-refractivity contribution in [2.45, 2.75) is 30.4 Å². The van der Waals surface area contributed by atoms with Crippen molar-refractivity contribution in [2.24, 2.45) is 5.73 Å². The van der Waals surface area contributed by atoms with Gasteiger partial charge in [-0.2, -0.15) is 0 Å². The number of nitrogens with one attached hydrogen (secondary N) is 1. The Morgan fingerprint density at radius 1 is 1.28 bits per heavy atom. The van der Waals surface area contributed by atoms with Crippen LogP contribution in [0.2, 0.25) is 0 Å². The summed E-state index contributed by atoms with van der Waals surface area (Å²) in [5.74, 6) is -0.485. The van der Waals surface area contributed by atoms with Crippen molar-refractivity contribution in [1.82, 2.24) is 0 Å². The van der Waals surface area contributed by atoms with Crippen LogP contribution in [0.1, 0.15) is 17.5 Å². The van der Waals surface area contributed by atoms with Crippen molar-refractivity contribution in [3.8, 4) is 0 Å². The molecule has 1 aliphatic rings. The number of anilines is 1. The average molecular weight is 268 g/mol. The molecule has 0 spiro atoms. The summed E-state index contributed by atoms with van der Waals surface area (Å²) < 4.78 is 24.9. The smallest absolute Gasteiger partial charge is 0.243 e. The summed E-state index contributed by atoms with van der Waals surface area (Å²) in [5, 5.41) is 1.61. The average Bonchev–Trinajstić information content (AvgIpc) is 2.28. The monoisotopic (exact) mass is 268 g/mol. The van der Waals surface area contributed by atoms with Gasteiger partial charge in [0, 0.05) is 0 Å². The SMILES string of the molecule is Cc1ccc(C)c2c1NC(=O)C(CCN)S2(=O)=O. The van der Waals surface area contributed by atoms with Crippen LogP contribution in [0.25, 0.3) is 0 Å². The molecule has 18 heavy (non-hydrogen) atoms. The van der Waals surface area contributed by atoms with E-state index >= 15 is 0 Å². The van der Waals surface area contributed by atoms with E-state index in [4.69, 9.17) is 5.73 Å². The lowest BCUT2D eigenvalue weighted by atomic mass is 10.1. The van der Waals surface area contributed by atoms with Crippen LogP contribution in [0.15, 0.2) is 17.0 Å². The van der Waals surface area contributed by atoms with Crippen LogP contribution in [-0.2, 0) is 14.6 Å². The van der Waals surface area contributed by atoms with E-state index in [1.54, 1.807) is 26.0 Å². The van der Waals surface area contributed by atoms with Crippen molar-refractivity contribution in [1.29, 1.82) is 0 Å². The zero-order valence-electron chi connectivity index (χ0n) is 10.4. The van der Waals surface area contributed by atoms with Gasteiger partial charge in [-0.05, 0) is 37.9 Å². The second kappa shape index (κ2) is 4.37. The second-order valence-corrected chi connectivity index (χ2v) is 6.57. The van der Waals surface area contributed by atoms with Crippen LogP contribution >= 0.6 is 0 Å². The Morgan fingerprint density at radius 2 is 1.89 bits per heavy atom. The molecule has 0 aromatic heterocycles. The minimum absolute atomic E-state index is 0.140. The molecule has 98 valence electrons. The molecule has 6 heteroatoms. The van der Waals surface area contributed by atoms with Crippen LogP contribution in [0, 0.1) is 13.8 Å². The highest BCUT2D eigenvalue weighted by Gasteiger charge is 2.40. The molecule has 1 atom stereocenters. The fraction of sp³-hybridized carbons (Fsp3) is 0.417. The fourth-order valence-corrected chi connectivity index (χ4v) is 4.32. The van der Waals surface area contributed by atoms with E-state index in [1.165, 1.54) is 0 Å². The number of carbonyl (C=O) groups is 1. The maximum Gasteiger partial charge on any atom is 0.243 e. The first-order valence-electron chi connectivity index (χ1n) is 5.74. The Bertz CT molecular complexity index is 608. The topological polar surface area (TPSA) is 89.3 Å². The maximum atomic E-state index is 12.5. The molecule has 1 aromatic carbocycles. The number of hydrogen-bond donors (Lipinski definition) is 2. The van der Waals surface area contributed by atoms with Crippen molar-refractivity contribution in [2.75, 3.05) is 11.9 Å². The molecule has 1 heterocycles. The third-order valence-corrected chi connectivity index (χ3v) is 5.49. The number of hydrogen-bond acceptors (Lipinski definition) is 4. The van der Waals surface area contributed by atoms with E-state index in [2.05, 4.69) is 5.32 Å². The minimum Gasteiger partial charge on any atom is -0.330 e. The van der Waals surface area contributed by atoms with Gasteiger partial charge in [0.05, 0.1) is 10.6 Å². The summed E-state index contributed by atoms with van der Waals surface area (Å²) in [7, 11) is -3.64. The highest BCUT2D eigenvalue weighted by molar-refractivity contribution is 7.93. The van der Waals surface area contributed by atoms with E-state index in [-0.39, 0.29) is 17.9 Å². The molecule has 0 fully saturated rings. The Kier molecular flexibility index (Phi) is 3.16. The molecule has 0 radical (unpaired) electrons. The standard InChI is InChI=1S/C12H16N2O3S/c1-7-3-4-8(2)11-10(7)14-12(15)9(5-6-13)18(11,16)17/h3-4,9H,5-6,13H2,1-2H3,(H,14,15). The summed E-state index contributed by atoms with van der Waals surface area (Å²) in [6.45, 7) is 3.67. The van der Waals surface area contributed by atoms with Crippen LogP contribution in [0.4, 0.5) is 5.69 Å². The quantitative estimate of drug-likeness (QED) is 0.828. The summed E-state index contributed by atoms with van der Waals surface area (Å²) >= 11 is 0. The maximum absolute atomic E-state index is 12.5. The second-order valence-electron chi connectivity index (χ2n) is 4.50. The zero-order valence-corrected chi connectivity index (χ0v) is 11.2. The van der Waals surface area contributed by atoms with Crippen LogP contribution in [-0.4, -0.2) is 26.1 Å². The van der Waals surface area contributed by atoms with Gasteiger partial charge in [0.1, 0.15) is 5.25 Å². The highest BCUT2D eigenvalue weighted by atomic mass is 32.2. The number of aryl methyl sites for hydroxylation is 2. The Morgan fingerprint density at radius 3 is 2.50 bits per heavy atom. The number of sulfone groups is 1. The predicted molar refractivity (Wildman–Crippen MR) is 69.2 cm³/mol. The number of rotatable bonds is 2. The number of nitrogens with two attached hydrogens (primary N) is 1. The first-order chi connectivity index (χ1) is 8.39. The van der Waals surface area contributed by atoms with Gasteiger partial charge < -0.3 is 11.1 Å². The molecule has 0 saturated heterocycles. The Labute approximate surface area is 106 Å². The molecule has 5 nitrogen and oxygen atoms in total. The normalized spacial score (nSPS) is 21.3. The zero-order chi connectivity index (χ0) is 13.5. The lowest BCUT2D eigenvalue weighted by Gasteiger charge is -2.27. The first kappa shape index (κ1) is 13.0. The van der Waals surface area contributed by atoms with Crippen molar-refractivity contribution < 1.29 is 13.2 Å². The summed E-state index contributed by atoms with van der Waals surface area (Å²) in [5.41, 5.74) is 7.20. The number of carbonyl (C=O) groups excluding carboxylic acids is 1. The van der Waals surface area contributed by atoms with Gasteiger partial charge in [-0.3, -0.25) is 4.79 Å². The van der Waals surface area contributed by atoms with Crippen LogP contribution < -0.4 is 11.1 Å². The van der Waals surface area contributed by atoms with E-state index in [1.807, 2.05) is 0 Å². The molecule has 0 aliphatic carbocycles. The largest absolute Gasteiger partial charge is 0.330 e. The Balaban J connectivity index is 2.70. The third kappa shape index (κ3) is 1.81. The summed E-state index contributed by atoms with van der Waals surface area (Å²) in [6, 6.07) is 3.55. The van der Waals surface area contributed by atoms with Gasteiger partial charge in [-0.1, -0.05) is 12.1 Å². The van der Waals surface area contributed by atoms with Crippen molar-refractivity contribution >= 4 is 21.4 Å². The predicted octanol–water partition coefficient (Wildman–Crippen LogP) is 0.747. The van der Waals surface area contributed by atoms with Crippen LogP contribution in [0.3, 0.4) is 0 Å². The van der Waals surface area contributed by atoms with Gasteiger partial charge >= 0.3 is 0 Å². The fourth-order valence-electron chi connectivity index (χ4n) is 2.23. The molecule has 1 aromatic rings. The van der Waals surface area contributed by atoms with Crippen molar-refractivity contribution in [3.63, 3.8) is 0 Å². The molecular formula is C12H16N2O3S. The lowest BCUT2D eigenvalue weighted by molar-refractivity contribution is -0.116. The van der Waals surface area contributed by atoms with Gasteiger partial charge in [0.15, 0.2) is 9.84 Å². The number of amides is 1. The van der Waals surface area contributed by atoms with Crippen molar-refractivity contribution in [3.05, 3.63) is 23.3 Å². The third-order valence-electron chi connectivity index (χ3n) is 3.19. The molecular weight excluding hydrogens is 252 g/mol. The Hall–Kier alpha value is -1.40. The molecule has 1 unspecified atom stereocenters. The van der Waals surface area contributed by atoms with E-state index in [0.29, 0.717) is 11.3 Å². The lowest BCUT2D eigenvalue weighted by Crippen LogP contribution is -2.41. The minimum atomic E-state index is -3.64. The molecule has 1 amide bonds. The first-order valence-corrected chi connectivity index (χ1v) is 7.29. The molecule has 0 bridgehead atoms. The number of benzene rings is 1. The summed E-state index contributed by atoms with van der Waals surface area (Å²) in [6.07, 6.45) is 0.140. The van der Waals surface area contributed by atoms with E-state index in [0.717, 1.165) is 5.56 Å². The van der Waals surface area contributed by atoms with Gasteiger partial charge in [-0.15, -0.1) is 0 Å². The molecule has 2 rings (SSSR count). The molecule has 0 saturated carbocycles. The van der Waals surface area contributed by atoms with E-state index < -0.39 is 21.0 Å². The summed E-state index contributed by atoms with van der Waals surface area (Å²) in [4.78, 5) is 12.1. The molecule has 1 aliphatic heterocycles.